The number of benzene rings is 2. The van der Waals surface area contributed by atoms with E-state index in [1.807, 2.05) is 0 Å². The second-order valence-electron chi connectivity index (χ2n) is 8.40. The molecule has 1 aromatic heterocycles. The van der Waals surface area contributed by atoms with Gasteiger partial charge in [-0.3, -0.25) is 13.9 Å². The van der Waals surface area contributed by atoms with Crippen LogP contribution in [0.15, 0.2) is 58.4 Å². The molecule has 0 spiro atoms. The van der Waals surface area contributed by atoms with E-state index in [-0.39, 0.29) is 27.8 Å². The maximum Gasteiger partial charge on any atom is 0.264 e. The Morgan fingerprint density at radius 3 is 2.36 bits per heavy atom. The number of halogens is 1. The molecular weight excluding hydrogens is 462 g/mol. The van der Waals surface area contributed by atoms with Crippen molar-refractivity contribution >= 4 is 44.1 Å². The maximum atomic E-state index is 13.2. The third-order valence-electron chi connectivity index (χ3n) is 6.37. The molecule has 2 aromatic carbocycles. The fraction of sp³-hybridized carbons (Fsp3) is 0.333. The van der Waals surface area contributed by atoms with Crippen LogP contribution < -0.4 is 9.73 Å². The number of sulfonamides is 1. The summed E-state index contributed by atoms with van der Waals surface area (Å²) in [4.78, 5) is 30.9. The number of hydrogen-bond donors (Lipinski definition) is 1. The number of anilines is 1. The highest BCUT2D eigenvalue weighted by Crippen LogP contribution is 2.26. The van der Waals surface area contributed by atoms with Crippen molar-refractivity contribution in [1.82, 2.24) is 9.88 Å². The number of carbonyl (C=O) groups excluding carboxylic acids is 1. The van der Waals surface area contributed by atoms with Crippen LogP contribution >= 0.6 is 11.6 Å². The number of pyridine rings is 1. The first-order chi connectivity index (χ1) is 15.7. The van der Waals surface area contributed by atoms with E-state index in [4.69, 9.17) is 11.6 Å². The predicted molar refractivity (Wildman–Crippen MR) is 131 cm³/mol. The third-order valence-corrected chi connectivity index (χ3v) is 8.41. The number of nitrogens with one attached hydrogen (secondary N) is 1. The summed E-state index contributed by atoms with van der Waals surface area (Å²) in [6.45, 7) is 0. The van der Waals surface area contributed by atoms with Crippen molar-refractivity contribution in [3.63, 3.8) is 0 Å². The molecule has 174 valence electrons. The van der Waals surface area contributed by atoms with E-state index in [1.54, 1.807) is 42.3 Å². The van der Waals surface area contributed by atoms with Gasteiger partial charge in [0.15, 0.2) is 0 Å². The highest BCUT2D eigenvalue weighted by molar-refractivity contribution is 7.92. The van der Waals surface area contributed by atoms with Crippen LogP contribution in [-0.2, 0) is 10.0 Å². The quantitative estimate of drug-likeness (QED) is 0.577. The number of amides is 1. The molecule has 3 aromatic rings. The average Bonchev–Trinajstić information content (AvgIpc) is 2.84. The number of carbonyl (C=O) groups is 1. The molecule has 0 unspecified atom stereocenters. The second kappa shape index (κ2) is 9.19. The standard InChI is InChI=1S/C24H26ClN3O4S/c1-27(17-6-4-3-5-7-17)24(30)21-15-26-22-13-12-19(14-20(22)23(21)29)33(31,32)28(2)18-10-8-16(25)9-11-18/h8-15,17H,3-7H2,1-2H3,(H,26,29). The van der Waals surface area contributed by atoms with Crippen molar-refractivity contribution in [3.05, 3.63) is 69.5 Å². The van der Waals surface area contributed by atoms with Gasteiger partial charge in [-0.25, -0.2) is 8.42 Å². The zero-order valence-corrected chi connectivity index (χ0v) is 20.1. The molecular formula is C24H26ClN3O4S. The Morgan fingerprint density at radius 2 is 1.70 bits per heavy atom. The van der Waals surface area contributed by atoms with E-state index in [1.165, 1.54) is 25.4 Å². The molecule has 9 heteroatoms. The Kier molecular flexibility index (Phi) is 6.50. The fourth-order valence-corrected chi connectivity index (χ4v) is 5.64. The van der Waals surface area contributed by atoms with Crippen LogP contribution in [0.4, 0.5) is 5.69 Å². The molecule has 33 heavy (non-hydrogen) atoms. The molecule has 1 heterocycles. The molecule has 1 aliphatic rings. The van der Waals surface area contributed by atoms with Crippen molar-refractivity contribution < 1.29 is 13.2 Å². The van der Waals surface area contributed by atoms with Crippen molar-refractivity contribution in [2.24, 2.45) is 0 Å². The molecule has 1 saturated carbocycles. The summed E-state index contributed by atoms with van der Waals surface area (Å²) in [7, 11) is -0.775. The molecule has 4 rings (SSSR count). The number of fused-ring (bicyclic) bond motifs is 1. The average molecular weight is 488 g/mol. The lowest BCUT2D eigenvalue weighted by molar-refractivity contribution is 0.0695. The van der Waals surface area contributed by atoms with Gasteiger partial charge in [-0.05, 0) is 55.3 Å². The normalized spacial score (nSPS) is 14.9. The lowest BCUT2D eigenvalue weighted by atomic mass is 9.94. The number of aromatic amines is 1. The molecule has 0 aliphatic heterocycles. The van der Waals surface area contributed by atoms with Gasteiger partial charge in [0.25, 0.3) is 15.9 Å². The number of aromatic nitrogens is 1. The van der Waals surface area contributed by atoms with Crippen LogP contribution in [0.5, 0.6) is 0 Å². The lowest BCUT2D eigenvalue weighted by Gasteiger charge is -2.31. The fourth-order valence-electron chi connectivity index (χ4n) is 4.29. The minimum atomic E-state index is -3.94. The van der Waals surface area contributed by atoms with E-state index < -0.39 is 15.5 Å². The topological polar surface area (TPSA) is 90.6 Å². The lowest BCUT2D eigenvalue weighted by Crippen LogP contribution is -2.40. The Labute approximate surface area is 198 Å². The Balaban J connectivity index is 1.71. The van der Waals surface area contributed by atoms with Crippen LogP contribution in [-0.4, -0.2) is 44.3 Å². The number of hydrogen-bond acceptors (Lipinski definition) is 4. The Morgan fingerprint density at radius 1 is 1.03 bits per heavy atom. The molecule has 1 amide bonds. The van der Waals surface area contributed by atoms with Gasteiger partial charge in [0.05, 0.1) is 10.6 Å². The van der Waals surface area contributed by atoms with E-state index >= 15 is 0 Å². The van der Waals surface area contributed by atoms with Gasteiger partial charge in [0, 0.05) is 42.3 Å². The molecule has 0 saturated heterocycles. The van der Waals surface area contributed by atoms with Crippen molar-refractivity contribution in [3.8, 4) is 0 Å². The maximum absolute atomic E-state index is 13.2. The third kappa shape index (κ3) is 4.50. The van der Waals surface area contributed by atoms with Crippen molar-refractivity contribution in [1.29, 1.82) is 0 Å². The van der Waals surface area contributed by atoms with Gasteiger partial charge in [0.2, 0.25) is 5.43 Å². The molecule has 0 radical (unpaired) electrons. The highest BCUT2D eigenvalue weighted by Gasteiger charge is 2.26. The van der Waals surface area contributed by atoms with Crippen molar-refractivity contribution in [2.45, 2.75) is 43.0 Å². The van der Waals surface area contributed by atoms with Crippen molar-refractivity contribution in [2.75, 3.05) is 18.4 Å². The number of rotatable bonds is 5. The summed E-state index contributed by atoms with van der Waals surface area (Å²) in [5.41, 5.74) is 0.426. The Bertz CT molecular complexity index is 1350. The zero-order chi connectivity index (χ0) is 23.8. The highest BCUT2D eigenvalue weighted by atomic mass is 35.5. The van der Waals surface area contributed by atoms with Crippen LogP contribution in [0.25, 0.3) is 10.9 Å². The summed E-state index contributed by atoms with van der Waals surface area (Å²) in [6, 6.07) is 10.8. The van der Waals surface area contributed by atoms with Crippen LogP contribution in [0.3, 0.4) is 0 Å². The Hall–Kier alpha value is -2.84. The van der Waals surface area contributed by atoms with E-state index in [0.29, 0.717) is 16.2 Å². The minimum absolute atomic E-state index is 0.0103. The summed E-state index contributed by atoms with van der Waals surface area (Å²) in [5.74, 6) is -0.350. The van der Waals surface area contributed by atoms with Crippen LogP contribution in [0.2, 0.25) is 5.02 Å². The van der Waals surface area contributed by atoms with Crippen LogP contribution in [0.1, 0.15) is 42.5 Å². The van der Waals surface area contributed by atoms with E-state index in [0.717, 1.165) is 36.4 Å². The summed E-state index contributed by atoms with van der Waals surface area (Å²) in [5, 5.41) is 0.653. The zero-order valence-electron chi connectivity index (χ0n) is 18.5. The van der Waals surface area contributed by atoms with Gasteiger partial charge in [-0.2, -0.15) is 0 Å². The predicted octanol–water partition coefficient (Wildman–Crippen LogP) is 4.41. The monoisotopic (exact) mass is 487 g/mol. The first-order valence-electron chi connectivity index (χ1n) is 10.9. The first kappa shape index (κ1) is 23.3. The van der Waals surface area contributed by atoms with Crippen LogP contribution in [0, 0.1) is 0 Å². The van der Waals surface area contributed by atoms with Gasteiger partial charge < -0.3 is 9.88 Å². The number of H-pyrrole nitrogens is 1. The van der Waals surface area contributed by atoms with Gasteiger partial charge in [-0.1, -0.05) is 30.9 Å². The second-order valence-corrected chi connectivity index (χ2v) is 10.8. The minimum Gasteiger partial charge on any atom is -0.360 e. The van der Waals surface area contributed by atoms with E-state index in [9.17, 15) is 18.0 Å². The first-order valence-corrected chi connectivity index (χ1v) is 12.7. The van der Waals surface area contributed by atoms with Gasteiger partial charge in [-0.15, -0.1) is 0 Å². The van der Waals surface area contributed by atoms with Gasteiger partial charge in [0.1, 0.15) is 5.56 Å². The smallest absolute Gasteiger partial charge is 0.264 e. The van der Waals surface area contributed by atoms with E-state index in [2.05, 4.69) is 4.98 Å². The SMILES string of the molecule is CN(C(=O)c1c[nH]c2ccc(S(=O)(=O)N(C)c3ccc(Cl)cc3)cc2c1=O)C1CCCCC1. The summed E-state index contributed by atoms with van der Waals surface area (Å²) < 4.78 is 27.6. The summed E-state index contributed by atoms with van der Waals surface area (Å²) in [6.07, 6.45) is 6.56. The molecule has 1 N–H and O–H groups in total. The molecule has 0 atom stereocenters. The molecule has 1 fully saturated rings. The largest absolute Gasteiger partial charge is 0.360 e. The summed E-state index contributed by atoms with van der Waals surface area (Å²) >= 11 is 5.91. The molecule has 0 bridgehead atoms. The number of nitrogens with zero attached hydrogens (tertiary/aromatic N) is 2. The van der Waals surface area contributed by atoms with Gasteiger partial charge >= 0.3 is 0 Å². The molecule has 1 aliphatic carbocycles. The molecule has 7 nitrogen and oxygen atoms in total.